The summed E-state index contributed by atoms with van der Waals surface area (Å²) in [7, 11) is 1.74. The van der Waals surface area contributed by atoms with E-state index < -0.39 is 0 Å². The van der Waals surface area contributed by atoms with Crippen molar-refractivity contribution in [2.24, 2.45) is 5.73 Å². The summed E-state index contributed by atoms with van der Waals surface area (Å²) in [4.78, 5) is 1.27. The van der Waals surface area contributed by atoms with Crippen molar-refractivity contribution in [2.75, 3.05) is 7.11 Å². The number of hydrogen-bond donors (Lipinski definition) is 1. The monoisotopic (exact) mass is 199 g/mol. The van der Waals surface area contributed by atoms with Gasteiger partial charge in [-0.05, 0) is 31.2 Å². The summed E-state index contributed by atoms with van der Waals surface area (Å²) in [5, 5.41) is 2.06. The van der Waals surface area contributed by atoms with Gasteiger partial charge in [0, 0.05) is 18.0 Å². The third-order valence-electron chi connectivity index (χ3n) is 2.20. The van der Waals surface area contributed by atoms with Crippen molar-refractivity contribution in [1.82, 2.24) is 0 Å². The van der Waals surface area contributed by atoms with Gasteiger partial charge in [0.15, 0.2) is 0 Å². The lowest BCUT2D eigenvalue weighted by molar-refractivity contribution is 0.107. The Kier molecular flexibility index (Phi) is 4.42. The lowest BCUT2D eigenvalue weighted by Crippen LogP contribution is -2.13. The van der Waals surface area contributed by atoms with Crippen LogP contribution in [0.2, 0.25) is 0 Å². The molecule has 0 aliphatic heterocycles. The first-order valence-electron chi connectivity index (χ1n) is 4.55. The second-order valence-corrected chi connectivity index (χ2v) is 4.22. The first kappa shape index (κ1) is 10.7. The van der Waals surface area contributed by atoms with Crippen LogP contribution < -0.4 is 5.73 Å². The fourth-order valence-corrected chi connectivity index (χ4v) is 1.94. The Hall–Kier alpha value is -0.380. The van der Waals surface area contributed by atoms with Crippen LogP contribution >= 0.6 is 11.3 Å². The largest absolute Gasteiger partial charge is 0.382 e. The van der Waals surface area contributed by atoms with Gasteiger partial charge in [0.05, 0.1) is 6.10 Å². The number of methoxy groups -OCH3 is 1. The van der Waals surface area contributed by atoms with E-state index >= 15 is 0 Å². The number of ether oxygens (including phenoxy) is 1. The minimum absolute atomic E-state index is 0.178. The zero-order valence-electron chi connectivity index (χ0n) is 8.19. The molecule has 0 fully saturated rings. The minimum Gasteiger partial charge on any atom is -0.382 e. The van der Waals surface area contributed by atoms with E-state index in [1.165, 1.54) is 4.88 Å². The average Bonchev–Trinajstić information content (AvgIpc) is 2.66. The van der Waals surface area contributed by atoms with Gasteiger partial charge >= 0.3 is 0 Å². The third-order valence-corrected chi connectivity index (χ3v) is 3.20. The highest BCUT2D eigenvalue weighted by Gasteiger charge is 2.08. The summed E-state index contributed by atoms with van der Waals surface area (Å²) in [5.74, 6) is 0. The van der Waals surface area contributed by atoms with Gasteiger partial charge in [0.2, 0.25) is 0 Å². The van der Waals surface area contributed by atoms with Crippen LogP contribution in [-0.4, -0.2) is 13.2 Å². The fourth-order valence-electron chi connectivity index (χ4n) is 1.18. The van der Waals surface area contributed by atoms with Gasteiger partial charge in [-0.2, -0.15) is 0 Å². The van der Waals surface area contributed by atoms with E-state index in [1.807, 2.05) is 6.07 Å². The van der Waals surface area contributed by atoms with E-state index in [0.29, 0.717) is 6.10 Å². The summed E-state index contributed by atoms with van der Waals surface area (Å²) in [6.07, 6.45) is 2.33. The predicted molar refractivity (Wildman–Crippen MR) is 57.0 cm³/mol. The second kappa shape index (κ2) is 5.37. The van der Waals surface area contributed by atoms with Crippen LogP contribution in [0.5, 0.6) is 0 Å². The van der Waals surface area contributed by atoms with Crippen molar-refractivity contribution in [2.45, 2.75) is 31.9 Å². The van der Waals surface area contributed by atoms with E-state index in [4.69, 9.17) is 10.5 Å². The zero-order valence-corrected chi connectivity index (χ0v) is 9.01. The molecule has 3 heteroatoms. The highest BCUT2D eigenvalue weighted by atomic mass is 32.1. The van der Waals surface area contributed by atoms with Crippen LogP contribution in [-0.2, 0) is 4.74 Å². The van der Waals surface area contributed by atoms with Crippen LogP contribution in [0.4, 0.5) is 0 Å². The van der Waals surface area contributed by atoms with Gasteiger partial charge in [0.1, 0.15) is 0 Å². The second-order valence-electron chi connectivity index (χ2n) is 3.25. The van der Waals surface area contributed by atoms with Gasteiger partial charge in [-0.25, -0.2) is 0 Å². The molecule has 2 unspecified atom stereocenters. The molecule has 0 saturated carbocycles. The predicted octanol–water partition coefficient (Wildman–Crippen LogP) is 2.56. The molecular formula is C10H17NOS. The topological polar surface area (TPSA) is 35.2 Å². The molecule has 2 nitrogen and oxygen atoms in total. The van der Waals surface area contributed by atoms with E-state index in [0.717, 1.165) is 12.8 Å². The van der Waals surface area contributed by atoms with Gasteiger partial charge in [-0.15, -0.1) is 11.3 Å². The smallest absolute Gasteiger partial charge is 0.0543 e. The Balaban J connectivity index is 2.30. The first-order chi connectivity index (χ1) is 6.24. The van der Waals surface area contributed by atoms with Crippen molar-refractivity contribution in [1.29, 1.82) is 0 Å². The Labute approximate surface area is 83.7 Å². The lowest BCUT2D eigenvalue weighted by atomic mass is 10.1. The van der Waals surface area contributed by atoms with Crippen molar-refractivity contribution in [3.05, 3.63) is 22.4 Å². The van der Waals surface area contributed by atoms with Gasteiger partial charge in [-0.1, -0.05) is 6.07 Å². The molecule has 13 heavy (non-hydrogen) atoms. The normalized spacial score (nSPS) is 15.6. The van der Waals surface area contributed by atoms with Crippen LogP contribution in [0.25, 0.3) is 0 Å². The van der Waals surface area contributed by atoms with E-state index in [2.05, 4.69) is 18.4 Å². The van der Waals surface area contributed by atoms with E-state index in [-0.39, 0.29) is 6.04 Å². The van der Waals surface area contributed by atoms with E-state index in [9.17, 15) is 0 Å². The molecule has 0 amide bonds. The molecule has 0 aromatic carbocycles. The number of rotatable bonds is 5. The van der Waals surface area contributed by atoms with Crippen molar-refractivity contribution >= 4 is 11.3 Å². The molecular weight excluding hydrogens is 182 g/mol. The van der Waals surface area contributed by atoms with Crippen molar-refractivity contribution in [3.8, 4) is 0 Å². The van der Waals surface area contributed by atoms with Crippen molar-refractivity contribution in [3.63, 3.8) is 0 Å². The van der Waals surface area contributed by atoms with Crippen molar-refractivity contribution < 1.29 is 4.74 Å². The minimum atomic E-state index is 0.178. The van der Waals surface area contributed by atoms with Crippen LogP contribution in [0.1, 0.15) is 30.7 Å². The summed E-state index contributed by atoms with van der Waals surface area (Å²) in [6.45, 7) is 2.07. The molecule has 0 aliphatic rings. The van der Waals surface area contributed by atoms with Crippen LogP contribution in [0.15, 0.2) is 17.5 Å². The molecule has 0 radical (unpaired) electrons. The van der Waals surface area contributed by atoms with Crippen LogP contribution in [0, 0.1) is 0 Å². The average molecular weight is 199 g/mol. The standard InChI is InChI=1S/C10H17NOS/c1-8(12-2)5-6-9(11)10-4-3-7-13-10/h3-4,7-9H,5-6,11H2,1-2H3. The Morgan fingerprint density at radius 2 is 2.31 bits per heavy atom. The molecule has 1 heterocycles. The number of nitrogens with two attached hydrogens (primary N) is 1. The molecule has 2 N–H and O–H groups in total. The molecule has 74 valence electrons. The van der Waals surface area contributed by atoms with Gasteiger partial charge in [-0.3, -0.25) is 0 Å². The van der Waals surface area contributed by atoms with E-state index in [1.54, 1.807) is 18.4 Å². The van der Waals surface area contributed by atoms with Gasteiger partial charge in [0.25, 0.3) is 0 Å². The maximum Gasteiger partial charge on any atom is 0.0543 e. The highest BCUT2D eigenvalue weighted by molar-refractivity contribution is 7.10. The van der Waals surface area contributed by atoms with Crippen LogP contribution in [0.3, 0.4) is 0 Å². The molecule has 0 aliphatic carbocycles. The molecule has 2 atom stereocenters. The molecule has 0 spiro atoms. The summed E-state index contributed by atoms with van der Waals surface area (Å²) in [5.41, 5.74) is 6.00. The number of hydrogen-bond acceptors (Lipinski definition) is 3. The summed E-state index contributed by atoms with van der Waals surface area (Å²) in [6, 6.07) is 4.31. The quantitative estimate of drug-likeness (QED) is 0.791. The molecule has 0 saturated heterocycles. The Morgan fingerprint density at radius 1 is 1.54 bits per heavy atom. The SMILES string of the molecule is COC(C)CCC(N)c1cccs1. The molecule has 1 aromatic rings. The fraction of sp³-hybridized carbons (Fsp3) is 0.600. The first-order valence-corrected chi connectivity index (χ1v) is 5.43. The Morgan fingerprint density at radius 3 is 2.85 bits per heavy atom. The maximum atomic E-state index is 6.00. The molecule has 1 rings (SSSR count). The highest BCUT2D eigenvalue weighted by Crippen LogP contribution is 2.21. The third kappa shape index (κ3) is 3.46. The zero-order chi connectivity index (χ0) is 9.68. The maximum absolute atomic E-state index is 6.00. The lowest BCUT2D eigenvalue weighted by Gasteiger charge is -2.13. The molecule has 1 aromatic heterocycles. The Bertz CT molecular complexity index is 223. The summed E-state index contributed by atoms with van der Waals surface area (Å²) < 4.78 is 5.17. The molecule has 0 bridgehead atoms. The van der Waals surface area contributed by atoms with Gasteiger partial charge < -0.3 is 10.5 Å². The number of thiophene rings is 1. The summed E-state index contributed by atoms with van der Waals surface area (Å²) >= 11 is 1.72.